The Morgan fingerprint density at radius 3 is 2.88 bits per heavy atom. The first-order valence-electron chi connectivity index (χ1n) is 5.07. The summed E-state index contributed by atoms with van der Waals surface area (Å²) in [7, 11) is 0. The maximum atomic E-state index is 10.8. The Morgan fingerprint density at radius 1 is 1.50 bits per heavy atom. The van der Waals surface area contributed by atoms with Gasteiger partial charge in [0.25, 0.3) is 0 Å². The van der Waals surface area contributed by atoms with Crippen LogP contribution in [-0.4, -0.2) is 22.2 Å². The molecule has 1 aromatic rings. The molecule has 1 aromatic carbocycles. The summed E-state index contributed by atoms with van der Waals surface area (Å²) in [6, 6.07) is 4.66. The number of phenols is 1. The third-order valence-electron chi connectivity index (χ3n) is 2.63. The lowest BCUT2D eigenvalue weighted by Crippen LogP contribution is -2.30. The van der Waals surface area contributed by atoms with Crippen LogP contribution in [-0.2, 0) is 4.79 Å². The van der Waals surface area contributed by atoms with E-state index in [0.717, 1.165) is 5.56 Å². The summed E-state index contributed by atoms with van der Waals surface area (Å²) < 4.78 is 0. The Balaban J connectivity index is 2.27. The molecule has 1 atom stereocenters. The van der Waals surface area contributed by atoms with E-state index in [9.17, 15) is 9.90 Å². The van der Waals surface area contributed by atoms with Crippen LogP contribution in [0.15, 0.2) is 24.3 Å². The molecular weight excluding hydrogens is 206 g/mol. The van der Waals surface area contributed by atoms with Crippen LogP contribution in [0.3, 0.4) is 0 Å². The molecule has 84 valence electrons. The van der Waals surface area contributed by atoms with Crippen LogP contribution in [0.2, 0.25) is 0 Å². The predicted octanol–water partition coefficient (Wildman–Crippen LogP) is 1.49. The summed E-state index contributed by atoms with van der Waals surface area (Å²) >= 11 is 0. The van der Waals surface area contributed by atoms with Gasteiger partial charge in [-0.2, -0.15) is 0 Å². The van der Waals surface area contributed by atoms with Gasteiger partial charge in [0, 0.05) is 11.3 Å². The summed E-state index contributed by atoms with van der Waals surface area (Å²) in [6.45, 7) is 1.92. The molecule has 4 nitrogen and oxygen atoms in total. The van der Waals surface area contributed by atoms with E-state index in [1.54, 1.807) is 12.1 Å². The fraction of sp³-hybridized carbons (Fsp3) is 0.250. The lowest BCUT2D eigenvalue weighted by atomic mass is 10.1. The number of carboxylic acids is 1. The minimum atomic E-state index is -0.876. The maximum Gasteiger partial charge on any atom is 0.326 e. The standard InChI is InChI=1S/C12H13NO3/c1-7-2-5-11(14)8(6-7)9-3-4-10(13-9)12(15)16/h2-3,5-6,10,13-14H,4H2,1H3,(H,15,16). The van der Waals surface area contributed by atoms with Crippen molar-refractivity contribution in [1.82, 2.24) is 5.32 Å². The topological polar surface area (TPSA) is 69.6 Å². The molecule has 0 aromatic heterocycles. The number of aryl methyl sites for hydroxylation is 1. The van der Waals surface area contributed by atoms with E-state index in [4.69, 9.17) is 5.11 Å². The van der Waals surface area contributed by atoms with E-state index in [2.05, 4.69) is 5.32 Å². The van der Waals surface area contributed by atoms with Crippen LogP contribution in [0.1, 0.15) is 17.5 Å². The molecule has 0 saturated carbocycles. The third-order valence-corrected chi connectivity index (χ3v) is 2.63. The summed E-state index contributed by atoms with van der Waals surface area (Å²) in [6.07, 6.45) is 2.24. The molecule has 0 fully saturated rings. The van der Waals surface area contributed by atoms with Gasteiger partial charge in [-0.1, -0.05) is 17.7 Å². The first-order valence-corrected chi connectivity index (χ1v) is 5.07. The number of aliphatic carboxylic acids is 1. The van der Waals surface area contributed by atoms with Crippen LogP contribution >= 0.6 is 0 Å². The number of nitrogens with one attached hydrogen (secondary N) is 1. The van der Waals surface area contributed by atoms with Gasteiger partial charge in [-0.05, 0) is 25.5 Å². The van der Waals surface area contributed by atoms with Gasteiger partial charge in [-0.25, -0.2) is 4.79 Å². The van der Waals surface area contributed by atoms with Gasteiger partial charge >= 0.3 is 5.97 Å². The summed E-state index contributed by atoms with van der Waals surface area (Å²) in [5.41, 5.74) is 2.37. The number of hydrogen-bond donors (Lipinski definition) is 3. The van der Waals surface area contributed by atoms with Gasteiger partial charge in [0.2, 0.25) is 0 Å². The number of carboxylic acid groups (broad SMARTS) is 1. The Hall–Kier alpha value is -1.97. The molecule has 0 radical (unpaired) electrons. The van der Waals surface area contributed by atoms with Crippen LogP contribution in [0.25, 0.3) is 5.70 Å². The summed E-state index contributed by atoms with van der Waals surface area (Å²) in [5.74, 6) is -0.714. The van der Waals surface area contributed by atoms with Gasteiger partial charge in [-0.15, -0.1) is 0 Å². The van der Waals surface area contributed by atoms with Crippen LogP contribution < -0.4 is 5.32 Å². The molecule has 3 N–H and O–H groups in total. The maximum absolute atomic E-state index is 10.8. The van der Waals surface area contributed by atoms with Crippen LogP contribution in [0, 0.1) is 6.92 Å². The van der Waals surface area contributed by atoms with Crippen LogP contribution in [0.5, 0.6) is 5.75 Å². The first kappa shape index (κ1) is 10.5. The van der Waals surface area contributed by atoms with E-state index >= 15 is 0 Å². The molecule has 1 unspecified atom stereocenters. The van der Waals surface area contributed by atoms with Gasteiger partial charge in [0.1, 0.15) is 11.8 Å². The quantitative estimate of drug-likeness (QED) is 0.704. The minimum absolute atomic E-state index is 0.162. The molecule has 1 aliphatic heterocycles. The largest absolute Gasteiger partial charge is 0.507 e. The molecule has 0 bridgehead atoms. The zero-order valence-corrected chi connectivity index (χ0v) is 8.90. The average Bonchev–Trinajstić information content (AvgIpc) is 2.70. The van der Waals surface area contributed by atoms with E-state index in [0.29, 0.717) is 17.7 Å². The van der Waals surface area contributed by atoms with Crippen molar-refractivity contribution in [1.29, 1.82) is 0 Å². The lowest BCUT2D eigenvalue weighted by Gasteiger charge is -2.11. The lowest BCUT2D eigenvalue weighted by molar-refractivity contribution is -0.138. The number of carbonyl (C=O) groups is 1. The second-order valence-electron chi connectivity index (χ2n) is 3.91. The number of aromatic hydroxyl groups is 1. The van der Waals surface area contributed by atoms with Crippen molar-refractivity contribution in [3.63, 3.8) is 0 Å². The zero-order valence-electron chi connectivity index (χ0n) is 8.90. The molecule has 0 amide bonds. The number of rotatable bonds is 2. The SMILES string of the molecule is Cc1ccc(O)c(C2=CCC(C(=O)O)N2)c1. The molecule has 0 saturated heterocycles. The van der Waals surface area contributed by atoms with E-state index in [1.807, 2.05) is 19.1 Å². The fourth-order valence-electron chi connectivity index (χ4n) is 1.76. The second kappa shape index (κ2) is 3.89. The second-order valence-corrected chi connectivity index (χ2v) is 3.91. The van der Waals surface area contributed by atoms with Crippen molar-refractivity contribution < 1.29 is 15.0 Å². The highest BCUT2D eigenvalue weighted by Crippen LogP contribution is 2.28. The molecule has 1 aliphatic rings. The van der Waals surface area contributed by atoms with Gasteiger partial charge < -0.3 is 15.5 Å². The van der Waals surface area contributed by atoms with E-state index in [-0.39, 0.29) is 5.75 Å². The molecule has 0 aliphatic carbocycles. The molecular formula is C12H13NO3. The number of benzene rings is 1. The molecule has 16 heavy (non-hydrogen) atoms. The zero-order chi connectivity index (χ0) is 11.7. The normalized spacial score (nSPS) is 19.1. The van der Waals surface area contributed by atoms with Crippen LogP contribution in [0.4, 0.5) is 0 Å². The predicted molar refractivity (Wildman–Crippen MR) is 60.0 cm³/mol. The van der Waals surface area contributed by atoms with E-state index in [1.165, 1.54) is 0 Å². The minimum Gasteiger partial charge on any atom is -0.507 e. The first-order chi connectivity index (χ1) is 7.58. The average molecular weight is 219 g/mol. The molecule has 4 heteroatoms. The van der Waals surface area contributed by atoms with Crippen molar-refractivity contribution in [3.8, 4) is 5.75 Å². The Kier molecular flexibility index (Phi) is 2.56. The third kappa shape index (κ3) is 1.86. The Bertz CT molecular complexity index is 465. The summed E-state index contributed by atoms with van der Waals surface area (Å²) in [5, 5.41) is 21.4. The molecule has 2 rings (SSSR count). The highest BCUT2D eigenvalue weighted by Gasteiger charge is 2.24. The summed E-state index contributed by atoms with van der Waals surface area (Å²) in [4.78, 5) is 10.8. The highest BCUT2D eigenvalue weighted by atomic mass is 16.4. The fourth-order valence-corrected chi connectivity index (χ4v) is 1.76. The highest BCUT2D eigenvalue weighted by molar-refractivity contribution is 5.81. The van der Waals surface area contributed by atoms with Gasteiger partial charge in [0.05, 0.1) is 0 Å². The smallest absolute Gasteiger partial charge is 0.326 e. The van der Waals surface area contributed by atoms with Crippen molar-refractivity contribution in [2.45, 2.75) is 19.4 Å². The van der Waals surface area contributed by atoms with Gasteiger partial charge in [-0.3, -0.25) is 0 Å². The number of hydrogen-bond acceptors (Lipinski definition) is 3. The van der Waals surface area contributed by atoms with Crippen molar-refractivity contribution in [3.05, 3.63) is 35.4 Å². The monoisotopic (exact) mass is 219 g/mol. The van der Waals surface area contributed by atoms with Crippen molar-refractivity contribution in [2.75, 3.05) is 0 Å². The molecule has 1 heterocycles. The van der Waals surface area contributed by atoms with Crippen molar-refractivity contribution in [2.24, 2.45) is 0 Å². The Morgan fingerprint density at radius 2 is 2.25 bits per heavy atom. The van der Waals surface area contributed by atoms with E-state index < -0.39 is 12.0 Å². The Labute approximate surface area is 93.2 Å². The van der Waals surface area contributed by atoms with Crippen molar-refractivity contribution >= 4 is 11.7 Å². The number of phenolic OH excluding ortho intramolecular Hbond substituents is 1. The van der Waals surface area contributed by atoms with Gasteiger partial charge in [0.15, 0.2) is 0 Å². The molecule has 0 spiro atoms.